The van der Waals surface area contributed by atoms with E-state index in [1.807, 2.05) is 0 Å². The van der Waals surface area contributed by atoms with E-state index in [9.17, 15) is 14.4 Å². The minimum atomic E-state index is -0.800. The molecule has 0 aliphatic rings. The summed E-state index contributed by atoms with van der Waals surface area (Å²) in [5, 5.41) is 0. The van der Waals surface area contributed by atoms with Crippen LogP contribution in [0, 0.1) is 0 Å². The van der Waals surface area contributed by atoms with Gasteiger partial charge >= 0.3 is 17.9 Å². The van der Waals surface area contributed by atoms with Crippen LogP contribution < -0.4 is 0 Å². The van der Waals surface area contributed by atoms with Crippen LogP contribution in [-0.4, -0.2) is 37.2 Å². The van der Waals surface area contributed by atoms with E-state index in [4.69, 9.17) is 14.2 Å². The number of allylic oxidation sites excluding steroid dienone is 12. The number of carbonyl (C=O) groups excluding carboxylic acids is 3. The van der Waals surface area contributed by atoms with Gasteiger partial charge in [-0.2, -0.15) is 0 Å². The number of unbranched alkanes of at least 4 members (excludes halogenated alkanes) is 33. The lowest BCUT2D eigenvalue weighted by Crippen LogP contribution is -2.30. The van der Waals surface area contributed by atoms with E-state index in [-0.39, 0.29) is 37.5 Å². The van der Waals surface area contributed by atoms with Gasteiger partial charge in [0.2, 0.25) is 0 Å². The number of hydrogen-bond donors (Lipinski definition) is 0. The maximum absolute atomic E-state index is 12.9. The summed E-state index contributed by atoms with van der Waals surface area (Å²) in [5.41, 5.74) is 0. The van der Waals surface area contributed by atoms with Crippen LogP contribution in [0.25, 0.3) is 0 Å². The number of ether oxygens (including phenoxy) is 3. The third-order valence-electron chi connectivity index (χ3n) is 13.4. The van der Waals surface area contributed by atoms with Gasteiger partial charge in [-0.25, -0.2) is 0 Å². The largest absolute Gasteiger partial charge is 0.462 e. The third-order valence-corrected chi connectivity index (χ3v) is 13.4. The quantitative estimate of drug-likeness (QED) is 0.0261. The van der Waals surface area contributed by atoms with Gasteiger partial charge in [0.05, 0.1) is 0 Å². The van der Waals surface area contributed by atoms with Crippen LogP contribution in [0.1, 0.15) is 310 Å². The van der Waals surface area contributed by atoms with E-state index in [2.05, 4.69) is 93.7 Å². The van der Waals surface area contributed by atoms with Gasteiger partial charge in [-0.05, 0) is 83.5 Å². The van der Waals surface area contributed by atoms with Crippen LogP contribution >= 0.6 is 0 Å². The van der Waals surface area contributed by atoms with Crippen molar-refractivity contribution in [1.82, 2.24) is 0 Å². The van der Waals surface area contributed by atoms with Crippen molar-refractivity contribution >= 4 is 17.9 Å². The SMILES string of the molecule is CC/C=C\C/C=C\C/C=C\C/C=C\C/C=C\CCCC(=O)OCC(COC(=O)CCCCCCCCCCCCCCCCCCCCC)OC(=O)CCCCCCCCC/C=C\CCCCCCCCC. The number of carbonyl (C=O) groups is 3. The Hall–Kier alpha value is -3.15. The Balaban J connectivity index is 4.43. The van der Waals surface area contributed by atoms with E-state index >= 15 is 0 Å². The molecule has 0 aromatic carbocycles. The molecule has 416 valence electrons. The zero-order chi connectivity index (χ0) is 52.2. The first-order valence-electron chi connectivity index (χ1n) is 30.9. The third kappa shape index (κ3) is 57.7. The van der Waals surface area contributed by atoms with Crippen molar-refractivity contribution in [3.05, 3.63) is 72.9 Å². The molecule has 0 rings (SSSR count). The van der Waals surface area contributed by atoms with Gasteiger partial charge in [0.1, 0.15) is 13.2 Å². The van der Waals surface area contributed by atoms with Crippen LogP contribution in [0.2, 0.25) is 0 Å². The number of esters is 3. The molecule has 0 N–H and O–H groups in total. The first-order valence-corrected chi connectivity index (χ1v) is 30.9. The fourth-order valence-corrected chi connectivity index (χ4v) is 8.83. The summed E-state index contributed by atoms with van der Waals surface area (Å²) in [6, 6.07) is 0. The van der Waals surface area contributed by atoms with Gasteiger partial charge < -0.3 is 14.2 Å². The topological polar surface area (TPSA) is 78.9 Å². The highest BCUT2D eigenvalue weighted by atomic mass is 16.6. The summed E-state index contributed by atoms with van der Waals surface area (Å²) in [5.74, 6) is -0.943. The lowest BCUT2D eigenvalue weighted by atomic mass is 10.0. The Kier molecular flexibility index (Phi) is 57.8. The first-order chi connectivity index (χ1) is 35.5. The van der Waals surface area contributed by atoms with Gasteiger partial charge in [0.25, 0.3) is 0 Å². The van der Waals surface area contributed by atoms with E-state index in [1.54, 1.807) is 0 Å². The second-order valence-electron chi connectivity index (χ2n) is 20.6. The second kappa shape index (κ2) is 60.4. The average Bonchev–Trinajstić information content (AvgIpc) is 3.38. The molecule has 0 aromatic rings. The normalized spacial score (nSPS) is 12.5. The molecular formula is C66H116O6. The van der Waals surface area contributed by atoms with Gasteiger partial charge in [-0.1, -0.05) is 280 Å². The fraction of sp³-hybridized carbons (Fsp3) is 0.773. The highest BCUT2D eigenvalue weighted by Gasteiger charge is 2.19. The highest BCUT2D eigenvalue weighted by molar-refractivity contribution is 5.71. The van der Waals surface area contributed by atoms with Crippen molar-refractivity contribution in [3.63, 3.8) is 0 Å². The molecule has 0 aliphatic carbocycles. The predicted octanol–water partition coefficient (Wildman–Crippen LogP) is 20.9. The Bertz CT molecular complexity index is 1340. The molecule has 0 aromatic heterocycles. The Morgan fingerprint density at radius 1 is 0.292 bits per heavy atom. The molecule has 0 aliphatic heterocycles. The van der Waals surface area contributed by atoms with Crippen molar-refractivity contribution in [1.29, 1.82) is 0 Å². The van der Waals surface area contributed by atoms with Gasteiger partial charge in [-0.15, -0.1) is 0 Å². The van der Waals surface area contributed by atoms with E-state index in [0.29, 0.717) is 19.3 Å². The zero-order valence-electron chi connectivity index (χ0n) is 47.7. The lowest BCUT2D eigenvalue weighted by molar-refractivity contribution is -0.167. The molecule has 0 heterocycles. The van der Waals surface area contributed by atoms with Crippen LogP contribution in [0.3, 0.4) is 0 Å². The molecule has 0 amide bonds. The summed E-state index contributed by atoms with van der Waals surface area (Å²) >= 11 is 0. The lowest BCUT2D eigenvalue weighted by Gasteiger charge is -2.18. The zero-order valence-corrected chi connectivity index (χ0v) is 47.7. The van der Waals surface area contributed by atoms with Crippen molar-refractivity contribution in [2.45, 2.75) is 316 Å². The van der Waals surface area contributed by atoms with Gasteiger partial charge in [0, 0.05) is 19.3 Å². The van der Waals surface area contributed by atoms with Crippen LogP contribution in [0.5, 0.6) is 0 Å². The fourth-order valence-electron chi connectivity index (χ4n) is 8.83. The molecule has 72 heavy (non-hydrogen) atoms. The predicted molar refractivity (Wildman–Crippen MR) is 311 cm³/mol. The Morgan fingerprint density at radius 3 is 0.917 bits per heavy atom. The number of rotatable bonds is 56. The summed E-state index contributed by atoms with van der Waals surface area (Å²) in [6.45, 7) is 6.51. The van der Waals surface area contributed by atoms with Gasteiger partial charge in [-0.3, -0.25) is 14.4 Å². The first kappa shape index (κ1) is 68.8. The second-order valence-corrected chi connectivity index (χ2v) is 20.6. The molecule has 6 nitrogen and oxygen atoms in total. The molecule has 0 bridgehead atoms. The summed E-state index contributed by atoms with van der Waals surface area (Å²) in [6.07, 6.45) is 77.6. The van der Waals surface area contributed by atoms with E-state index < -0.39 is 6.10 Å². The molecule has 1 atom stereocenters. The van der Waals surface area contributed by atoms with Crippen molar-refractivity contribution in [3.8, 4) is 0 Å². The van der Waals surface area contributed by atoms with Crippen molar-refractivity contribution in [2.75, 3.05) is 13.2 Å². The maximum atomic E-state index is 12.9. The summed E-state index contributed by atoms with van der Waals surface area (Å²) in [7, 11) is 0. The summed E-state index contributed by atoms with van der Waals surface area (Å²) in [4.78, 5) is 38.3. The molecule has 0 saturated heterocycles. The van der Waals surface area contributed by atoms with Gasteiger partial charge in [0.15, 0.2) is 6.10 Å². The van der Waals surface area contributed by atoms with Crippen molar-refractivity contribution in [2.24, 2.45) is 0 Å². The van der Waals surface area contributed by atoms with Crippen LogP contribution in [0.15, 0.2) is 72.9 Å². The standard InChI is InChI=1S/C66H116O6/c1-4-7-10-13-16-19-22-25-28-31-33-36-38-41-44-47-50-53-56-59-65(68)71-62-63(61-70-64(67)58-55-52-49-46-43-40-37-34-30-27-24-21-18-15-12-9-6-3)72-66(69)60-57-54-51-48-45-42-39-35-32-29-26-23-20-17-14-11-8-5-2/h9,12,18,21,27,29-30,32,37,40,46,49,63H,4-8,10-11,13-17,19-20,22-26,28,31,33-36,38-39,41-45,47-48,50-62H2,1-3H3/b12-9-,21-18-,30-27-,32-29-,40-37-,49-46-. The molecule has 0 saturated carbocycles. The minimum Gasteiger partial charge on any atom is -0.462 e. The highest BCUT2D eigenvalue weighted by Crippen LogP contribution is 2.17. The van der Waals surface area contributed by atoms with E-state index in [0.717, 1.165) is 77.0 Å². The average molecular weight is 1010 g/mol. The Morgan fingerprint density at radius 2 is 0.556 bits per heavy atom. The monoisotopic (exact) mass is 1000 g/mol. The molecule has 0 fully saturated rings. The van der Waals surface area contributed by atoms with Crippen LogP contribution in [-0.2, 0) is 28.6 Å². The molecule has 0 radical (unpaired) electrons. The minimum absolute atomic E-state index is 0.0919. The van der Waals surface area contributed by atoms with E-state index in [1.165, 1.54) is 186 Å². The Labute approximate surface area is 446 Å². The number of hydrogen-bond acceptors (Lipinski definition) is 6. The van der Waals surface area contributed by atoms with Crippen LogP contribution in [0.4, 0.5) is 0 Å². The molecule has 1 unspecified atom stereocenters. The van der Waals surface area contributed by atoms with Crippen molar-refractivity contribution < 1.29 is 28.6 Å². The molecular weight excluding hydrogens is 889 g/mol. The summed E-state index contributed by atoms with van der Waals surface area (Å²) < 4.78 is 16.9. The smallest absolute Gasteiger partial charge is 0.306 e. The maximum Gasteiger partial charge on any atom is 0.306 e. The molecule has 6 heteroatoms. The molecule has 0 spiro atoms.